The van der Waals surface area contributed by atoms with E-state index in [2.05, 4.69) is 0 Å². The number of esters is 1. The summed E-state index contributed by atoms with van der Waals surface area (Å²) in [5.74, 6) is -2.20. The fourth-order valence-corrected chi connectivity index (χ4v) is 1.96. The molecule has 0 saturated carbocycles. The maximum Gasteiger partial charge on any atom is 0.311 e. The van der Waals surface area contributed by atoms with Gasteiger partial charge in [-0.15, -0.1) is 0 Å². The van der Waals surface area contributed by atoms with E-state index in [9.17, 15) is 9.59 Å². The van der Waals surface area contributed by atoms with Crippen LogP contribution in [0.15, 0.2) is 24.3 Å². The number of cyclic esters (lactones) is 1. The Balaban J connectivity index is 2.36. The molecule has 0 bridgehead atoms. The van der Waals surface area contributed by atoms with Crippen LogP contribution in [0.5, 0.6) is 0 Å². The summed E-state index contributed by atoms with van der Waals surface area (Å²) < 4.78 is 5.08. The number of hydrogen-bond acceptors (Lipinski definition) is 3. The summed E-state index contributed by atoms with van der Waals surface area (Å²) in [6.45, 7) is 1.88. The Bertz CT molecular complexity index is 438. The van der Waals surface area contributed by atoms with Crippen LogP contribution in [0.3, 0.4) is 0 Å². The molecule has 0 unspecified atom stereocenters. The van der Waals surface area contributed by atoms with Gasteiger partial charge < -0.3 is 9.84 Å². The molecule has 16 heavy (non-hydrogen) atoms. The molecule has 0 aliphatic carbocycles. The van der Waals surface area contributed by atoms with Gasteiger partial charge in [0.1, 0.15) is 12.0 Å². The zero-order chi connectivity index (χ0) is 11.7. The number of carboxylic acid groups (broad SMARTS) is 1. The topological polar surface area (TPSA) is 63.6 Å². The maximum atomic E-state index is 11.2. The Labute approximate surface area is 92.8 Å². The Morgan fingerprint density at radius 2 is 2.12 bits per heavy atom. The number of carbonyl (C=O) groups excluding carboxylic acids is 1. The van der Waals surface area contributed by atoms with Gasteiger partial charge in [0.15, 0.2) is 0 Å². The average molecular weight is 220 g/mol. The second-order valence-electron chi connectivity index (χ2n) is 3.92. The standard InChI is InChI=1S/C12H12O4/c1-7-4-2-3-5-8(7)11-9(12(14)15)6-10(13)16-11/h2-5,9,11H,6H2,1H3,(H,14,15)/t9-,11-/m0/s1. The van der Waals surface area contributed by atoms with Crippen molar-refractivity contribution in [3.8, 4) is 0 Å². The Morgan fingerprint density at radius 3 is 2.75 bits per heavy atom. The number of aliphatic carboxylic acids is 1. The Kier molecular flexibility index (Phi) is 2.64. The lowest BCUT2D eigenvalue weighted by Crippen LogP contribution is -2.18. The molecule has 0 spiro atoms. The third-order valence-corrected chi connectivity index (χ3v) is 2.82. The Hall–Kier alpha value is -1.84. The van der Waals surface area contributed by atoms with E-state index in [0.29, 0.717) is 0 Å². The van der Waals surface area contributed by atoms with Crippen molar-refractivity contribution in [3.63, 3.8) is 0 Å². The van der Waals surface area contributed by atoms with Gasteiger partial charge in [-0.05, 0) is 18.1 Å². The summed E-state index contributed by atoms with van der Waals surface area (Å²) in [6, 6.07) is 7.35. The monoisotopic (exact) mass is 220 g/mol. The number of hydrogen-bond donors (Lipinski definition) is 1. The molecular formula is C12H12O4. The largest absolute Gasteiger partial charge is 0.481 e. The van der Waals surface area contributed by atoms with Crippen molar-refractivity contribution in [2.24, 2.45) is 5.92 Å². The minimum absolute atomic E-state index is 0.0473. The third kappa shape index (κ3) is 1.78. The molecule has 2 atom stereocenters. The fraction of sp³-hybridized carbons (Fsp3) is 0.333. The molecule has 0 radical (unpaired) electrons. The molecule has 1 aliphatic heterocycles. The van der Waals surface area contributed by atoms with Crippen LogP contribution in [0.2, 0.25) is 0 Å². The van der Waals surface area contributed by atoms with E-state index in [1.54, 1.807) is 6.07 Å². The van der Waals surface area contributed by atoms with Gasteiger partial charge in [0.25, 0.3) is 0 Å². The summed E-state index contributed by atoms with van der Waals surface area (Å²) in [4.78, 5) is 22.2. The predicted octanol–water partition coefficient (Wildman–Crippen LogP) is 1.68. The molecule has 4 heteroatoms. The molecule has 1 heterocycles. The van der Waals surface area contributed by atoms with E-state index in [4.69, 9.17) is 9.84 Å². The maximum absolute atomic E-state index is 11.2. The molecule has 84 valence electrons. The first-order valence-electron chi connectivity index (χ1n) is 5.07. The molecular weight excluding hydrogens is 208 g/mol. The van der Waals surface area contributed by atoms with Crippen molar-refractivity contribution >= 4 is 11.9 Å². The van der Waals surface area contributed by atoms with Crippen molar-refractivity contribution in [1.29, 1.82) is 0 Å². The molecule has 1 aromatic rings. The van der Waals surface area contributed by atoms with Gasteiger partial charge in [0.2, 0.25) is 0 Å². The molecule has 2 rings (SSSR count). The van der Waals surface area contributed by atoms with Crippen molar-refractivity contribution in [2.75, 3.05) is 0 Å². The first-order chi connectivity index (χ1) is 7.59. The molecule has 4 nitrogen and oxygen atoms in total. The van der Waals surface area contributed by atoms with Gasteiger partial charge in [-0.1, -0.05) is 24.3 Å². The van der Waals surface area contributed by atoms with Gasteiger partial charge in [-0.25, -0.2) is 0 Å². The highest BCUT2D eigenvalue weighted by atomic mass is 16.6. The van der Waals surface area contributed by atoms with Crippen molar-refractivity contribution in [1.82, 2.24) is 0 Å². The summed E-state index contributed by atoms with van der Waals surface area (Å²) in [5, 5.41) is 9.02. The quantitative estimate of drug-likeness (QED) is 0.770. The van der Waals surface area contributed by atoms with Gasteiger partial charge in [0.05, 0.1) is 6.42 Å². The highest BCUT2D eigenvalue weighted by molar-refractivity contribution is 5.82. The molecule has 1 aromatic carbocycles. The van der Waals surface area contributed by atoms with E-state index in [0.717, 1.165) is 11.1 Å². The SMILES string of the molecule is Cc1ccccc1[C@@H]1OC(=O)C[C@@H]1C(=O)O. The van der Waals surface area contributed by atoms with E-state index in [1.807, 2.05) is 25.1 Å². The van der Waals surface area contributed by atoms with Crippen LogP contribution in [-0.4, -0.2) is 17.0 Å². The summed E-state index contributed by atoms with van der Waals surface area (Å²) in [6.07, 6.45) is -0.694. The normalized spacial score (nSPS) is 24.2. The number of carbonyl (C=O) groups is 2. The predicted molar refractivity (Wildman–Crippen MR) is 55.8 cm³/mol. The van der Waals surface area contributed by atoms with E-state index in [-0.39, 0.29) is 6.42 Å². The van der Waals surface area contributed by atoms with Crippen molar-refractivity contribution < 1.29 is 19.4 Å². The van der Waals surface area contributed by atoms with Gasteiger partial charge in [-0.3, -0.25) is 9.59 Å². The zero-order valence-electron chi connectivity index (χ0n) is 8.84. The molecule has 1 aliphatic rings. The summed E-state index contributed by atoms with van der Waals surface area (Å²) in [5.41, 5.74) is 1.72. The number of benzene rings is 1. The number of rotatable bonds is 2. The fourth-order valence-electron chi connectivity index (χ4n) is 1.96. The first kappa shape index (κ1) is 10.7. The van der Waals surface area contributed by atoms with Gasteiger partial charge >= 0.3 is 11.9 Å². The number of ether oxygens (including phenoxy) is 1. The Morgan fingerprint density at radius 1 is 1.44 bits per heavy atom. The molecule has 0 aromatic heterocycles. The average Bonchev–Trinajstić information content (AvgIpc) is 2.61. The first-order valence-corrected chi connectivity index (χ1v) is 5.07. The van der Waals surface area contributed by atoms with Gasteiger partial charge in [0, 0.05) is 0 Å². The lowest BCUT2D eigenvalue weighted by molar-refractivity contribution is -0.144. The van der Waals surface area contributed by atoms with E-state index in [1.165, 1.54) is 0 Å². The lowest BCUT2D eigenvalue weighted by atomic mass is 9.93. The van der Waals surface area contributed by atoms with Crippen LogP contribution >= 0.6 is 0 Å². The van der Waals surface area contributed by atoms with Gasteiger partial charge in [-0.2, -0.15) is 0 Å². The summed E-state index contributed by atoms with van der Waals surface area (Å²) in [7, 11) is 0. The molecule has 1 saturated heterocycles. The van der Waals surface area contributed by atoms with Crippen LogP contribution in [0.4, 0.5) is 0 Å². The van der Waals surface area contributed by atoms with E-state index < -0.39 is 24.0 Å². The number of carboxylic acids is 1. The molecule has 1 N–H and O–H groups in total. The highest BCUT2D eigenvalue weighted by Crippen LogP contribution is 2.36. The second kappa shape index (κ2) is 3.96. The zero-order valence-corrected chi connectivity index (χ0v) is 8.84. The van der Waals surface area contributed by atoms with E-state index >= 15 is 0 Å². The minimum atomic E-state index is -0.987. The summed E-state index contributed by atoms with van der Waals surface area (Å²) >= 11 is 0. The molecule has 0 amide bonds. The second-order valence-corrected chi connectivity index (χ2v) is 3.92. The highest BCUT2D eigenvalue weighted by Gasteiger charge is 2.41. The smallest absolute Gasteiger partial charge is 0.311 e. The van der Waals surface area contributed by atoms with Crippen LogP contribution in [-0.2, 0) is 14.3 Å². The van der Waals surface area contributed by atoms with Crippen LogP contribution in [0.1, 0.15) is 23.7 Å². The van der Waals surface area contributed by atoms with Crippen molar-refractivity contribution in [3.05, 3.63) is 35.4 Å². The van der Waals surface area contributed by atoms with Crippen molar-refractivity contribution in [2.45, 2.75) is 19.4 Å². The van der Waals surface area contributed by atoms with Crippen LogP contribution in [0.25, 0.3) is 0 Å². The van der Waals surface area contributed by atoms with Crippen LogP contribution in [0, 0.1) is 12.8 Å². The molecule has 1 fully saturated rings. The van der Waals surface area contributed by atoms with Crippen LogP contribution < -0.4 is 0 Å². The number of aryl methyl sites for hydroxylation is 1. The third-order valence-electron chi connectivity index (χ3n) is 2.82. The minimum Gasteiger partial charge on any atom is -0.481 e. The lowest BCUT2D eigenvalue weighted by Gasteiger charge is -2.16.